The minimum atomic E-state index is -0.595. The van der Waals surface area contributed by atoms with E-state index in [0.717, 1.165) is 0 Å². The van der Waals surface area contributed by atoms with Gasteiger partial charge in [-0.3, -0.25) is 9.59 Å². The molecular weight excluding hydrogens is 332 g/mol. The van der Waals surface area contributed by atoms with Gasteiger partial charge < -0.3 is 21.1 Å². The smallest absolute Gasteiger partial charge is 0.250 e. The first-order valence-electron chi connectivity index (χ1n) is 7.18. The molecule has 2 rings (SSSR count). The van der Waals surface area contributed by atoms with Crippen molar-refractivity contribution in [2.45, 2.75) is 13.0 Å². The average molecular weight is 349 g/mol. The van der Waals surface area contributed by atoms with E-state index in [1.54, 1.807) is 43.3 Å². The number of amides is 2. The van der Waals surface area contributed by atoms with Crippen molar-refractivity contribution in [1.82, 2.24) is 4.98 Å². The third-order valence-corrected chi connectivity index (χ3v) is 3.38. The number of hydrogen-bond acceptors (Lipinski definition) is 5. The monoisotopic (exact) mass is 348 g/mol. The SMILES string of the molecule is C[C@H](Nc1cccc(NC(=O)CO)c1)C(=O)Nc1cccnc1Cl. The Hall–Kier alpha value is -2.64. The maximum Gasteiger partial charge on any atom is 0.250 e. The highest BCUT2D eigenvalue weighted by Crippen LogP contribution is 2.19. The van der Waals surface area contributed by atoms with Crippen LogP contribution in [0.2, 0.25) is 5.15 Å². The summed E-state index contributed by atoms with van der Waals surface area (Å²) in [6.07, 6.45) is 1.53. The van der Waals surface area contributed by atoms with Gasteiger partial charge in [0.05, 0.1) is 5.69 Å². The first-order chi connectivity index (χ1) is 11.5. The Balaban J connectivity index is 2.00. The Morgan fingerprint density at radius 2 is 1.96 bits per heavy atom. The zero-order valence-corrected chi connectivity index (χ0v) is 13.7. The van der Waals surface area contributed by atoms with Crippen LogP contribution in [0.5, 0.6) is 0 Å². The van der Waals surface area contributed by atoms with E-state index in [1.807, 2.05) is 0 Å². The van der Waals surface area contributed by atoms with Crippen molar-refractivity contribution in [2.75, 3.05) is 22.6 Å². The predicted octanol–water partition coefficient (Wildman–Crippen LogP) is 2.10. The number of aromatic nitrogens is 1. The highest BCUT2D eigenvalue weighted by Gasteiger charge is 2.14. The molecule has 4 N–H and O–H groups in total. The summed E-state index contributed by atoms with van der Waals surface area (Å²) in [6, 6.07) is 9.60. The summed E-state index contributed by atoms with van der Waals surface area (Å²) in [7, 11) is 0. The molecular formula is C16H17ClN4O3. The standard InChI is InChI=1S/C16H17ClN4O3/c1-10(16(24)21-13-6-3-7-18-15(13)17)19-11-4-2-5-12(8-11)20-14(23)9-22/h2-8,10,19,22H,9H2,1H3,(H,20,23)(H,21,24)/t10-/m0/s1. The maximum absolute atomic E-state index is 12.2. The van der Waals surface area contributed by atoms with Crippen molar-refractivity contribution in [1.29, 1.82) is 0 Å². The lowest BCUT2D eigenvalue weighted by Crippen LogP contribution is -2.32. The van der Waals surface area contributed by atoms with Gasteiger partial charge in [0, 0.05) is 17.6 Å². The summed E-state index contributed by atoms with van der Waals surface area (Å²) in [6.45, 7) is 1.10. The van der Waals surface area contributed by atoms with Crippen LogP contribution in [0.15, 0.2) is 42.6 Å². The lowest BCUT2D eigenvalue weighted by molar-refractivity contribution is -0.119. The first kappa shape index (κ1) is 17.7. The van der Waals surface area contributed by atoms with Gasteiger partial charge in [0.2, 0.25) is 11.8 Å². The molecule has 8 heteroatoms. The maximum atomic E-state index is 12.2. The molecule has 1 atom stereocenters. The minimum Gasteiger partial charge on any atom is -0.387 e. The molecule has 2 amide bonds. The lowest BCUT2D eigenvalue weighted by atomic mass is 10.2. The van der Waals surface area contributed by atoms with E-state index >= 15 is 0 Å². The zero-order chi connectivity index (χ0) is 17.5. The van der Waals surface area contributed by atoms with Crippen LogP contribution in [0.1, 0.15) is 6.92 Å². The van der Waals surface area contributed by atoms with E-state index in [2.05, 4.69) is 20.9 Å². The van der Waals surface area contributed by atoms with Gasteiger partial charge in [-0.25, -0.2) is 4.98 Å². The molecule has 0 spiro atoms. The summed E-state index contributed by atoms with van der Waals surface area (Å²) >= 11 is 5.91. The Labute approximate surface area is 144 Å². The van der Waals surface area contributed by atoms with Gasteiger partial charge in [-0.2, -0.15) is 0 Å². The number of hydrogen-bond donors (Lipinski definition) is 4. The Kier molecular flexibility index (Phi) is 6.11. The average Bonchev–Trinajstić information content (AvgIpc) is 2.57. The van der Waals surface area contributed by atoms with Gasteiger partial charge in [0.1, 0.15) is 12.6 Å². The Morgan fingerprint density at radius 3 is 2.67 bits per heavy atom. The van der Waals surface area contributed by atoms with Gasteiger partial charge in [-0.15, -0.1) is 0 Å². The van der Waals surface area contributed by atoms with E-state index in [9.17, 15) is 9.59 Å². The summed E-state index contributed by atoms with van der Waals surface area (Å²) in [5.74, 6) is -0.793. The molecule has 2 aromatic rings. The molecule has 0 unspecified atom stereocenters. The zero-order valence-electron chi connectivity index (χ0n) is 12.9. The minimum absolute atomic E-state index is 0.215. The van der Waals surface area contributed by atoms with Crippen LogP contribution < -0.4 is 16.0 Å². The van der Waals surface area contributed by atoms with Gasteiger partial charge >= 0.3 is 0 Å². The molecule has 0 radical (unpaired) electrons. The van der Waals surface area contributed by atoms with E-state index in [4.69, 9.17) is 16.7 Å². The number of aliphatic hydroxyl groups excluding tert-OH is 1. The third kappa shape index (κ3) is 4.94. The van der Waals surface area contributed by atoms with Crippen molar-refractivity contribution < 1.29 is 14.7 Å². The fourth-order valence-corrected chi connectivity index (χ4v) is 2.09. The summed E-state index contributed by atoms with van der Waals surface area (Å²) in [5.41, 5.74) is 1.59. The molecule has 0 aliphatic rings. The highest BCUT2D eigenvalue weighted by molar-refractivity contribution is 6.32. The topological polar surface area (TPSA) is 103 Å². The predicted molar refractivity (Wildman–Crippen MR) is 93.1 cm³/mol. The van der Waals surface area contributed by atoms with E-state index in [1.165, 1.54) is 6.20 Å². The fraction of sp³-hybridized carbons (Fsp3) is 0.188. The van der Waals surface area contributed by atoms with Crippen molar-refractivity contribution in [3.63, 3.8) is 0 Å². The molecule has 1 aromatic heterocycles. The summed E-state index contributed by atoms with van der Waals surface area (Å²) in [4.78, 5) is 27.3. The second kappa shape index (κ2) is 8.28. The number of rotatable bonds is 6. The molecule has 1 aromatic carbocycles. The number of nitrogens with one attached hydrogen (secondary N) is 3. The van der Waals surface area contributed by atoms with Crippen molar-refractivity contribution in [3.8, 4) is 0 Å². The molecule has 0 fully saturated rings. The first-order valence-corrected chi connectivity index (χ1v) is 7.56. The molecule has 0 aliphatic heterocycles. The lowest BCUT2D eigenvalue weighted by Gasteiger charge is -2.16. The number of nitrogens with zero attached hydrogens (tertiary/aromatic N) is 1. The van der Waals surface area contributed by atoms with E-state index in [0.29, 0.717) is 17.1 Å². The van der Waals surface area contributed by atoms with Crippen LogP contribution in [-0.4, -0.2) is 34.6 Å². The van der Waals surface area contributed by atoms with Crippen LogP contribution in [-0.2, 0) is 9.59 Å². The number of halogens is 1. The van der Waals surface area contributed by atoms with Crippen molar-refractivity contribution in [3.05, 3.63) is 47.7 Å². The van der Waals surface area contributed by atoms with Crippen LogP contribution in [0.4, 0.5) is 17.1 Å². The van der Waals surface area contributed by atoms with Crippen LogP contribution in [0.3, 0.4) is 0 Å². The van der Waals surface area contributed by atoms with Gasteiger partial charge in [0.15, 0.2) is 5.15 Å². The third-order valence-electron chi connectivity index (χ3n) is 3.08. The largest absolute Gasteiger partial charge is 0.387 e. The molecule has 0 saturated heterocycles. The molecule has 1 heterocycles. The van der Waals surface area contributed by atoms with Crippen LogP contribution >= 0.6 is 11.6 Å². The quantitative estimate of drug-likeness (QED) is 0.599. The van der Waals surface area contributed by atoms with Crippen molar-refractivity contribution >= 4 is 40.5 Å². The number of benzene rings is 1. The van der Waals surface area contributed by atoms with E-state index < -0.39 is 18.6 Å². The molecule has 24 heavy (non-hydrogen) atoms. The highest BCUT2D eigenvalue weighted by atomic mass is 35.5. The summed E-state index contributed by atoms with van der Waals surface area (Å²) in [5, 5.41) is 17.2. The number of aliphatic hydroxyl groups is 1. The molecule has 0 saturated carbocycles. The van der Waals surface area contributed by atoms with Crippen molar-refractivity contribution in [2.24, 2.45) is 0 Å². The second-order valence-corrected chi connectivity index (χ2v) is 5.34. The Morgan fingerprint density at radius 1 is 1.21 bits per heavy atom. The van der Waals surface area contributed by atoms with Crippen LogP contribution in [0.25, 0.3) is 0 Å². The molecule has 0 aliphatic carbocycles. The number of carbonyl (C=O) groups is 2. The Bertz CT molecular complexity index is 739. The number of pyridine rings is 1. The number of anilines is 3. The summed E-state index contributed by atoms with van der Waals surface area (Å²) < 4.78 is 0. The van der Waals surface area contributed by atoms with Gasteiger partial charge in [-0.1, -0.05) is 17.7 Å². The number of carbonyl (C=O) groups excluding carboxylic acids is 2. The van der Waals surface area contributed by atoms with Gasteiger partial charge in [-0.05, 0) is 37.3 Å². The van der Waals surface area contributed by atoms with E-state index in [-0.39, 0.29) is 11.1 Å². The molecule has 0 bridgehead atoms. The normalized spacial score (nSPS) is 11.5. The van der Waals surface area contributed by atoms with Gasteiger partial charge in [0.25, 0.3) is 0 Å². The van der Waals surface area contributed by atoms with Crippen LogP contribution in [0, 0.1) is 0 Å². The second-order valence-electron chi connectivity index (χ2n) is 4.98. The fourth-order valence-electron chi connectivity index (χ4n) is 1.92. The molecule has 7 nitrogen and oxygen atoms in total. The molecule has 126 valence electrons.